The second-order valence-electron chi connectivity index (χ2n) is 18.9. The number of hydrogen-bond donors (Lipinski definition) is 2. The molecule has 0 aromatic heterocycles. The molecule has 13 nitrogen and oxygen atoms in total. The van der Waals surface area contributed by atoms with Crippen molar-refractivity contribution in [2.24, 2.45) is 16.1 Å². The number of amides is 4. The predicted octanol–water partition coefficient (Wildman–Crippen LogP) is 7.43. The van der Waals surface area contributed by atoms with E-state index in [4.69, 9.17) is 14.9 Å². The maximum absolute atomic E-state index is 15.7. The highest BCUT2D eigenvalue weighted by Crippen LogP contribution is 2.60. The van der Waals surface area contributed by atoms with Crippen molar-refractivity contribution >= 4 is 60.4 Å². The van der Waals surface area contributed by atoms with Crippen molar-refractivity contribution in [1.29, 1.82) is 0 Å². The Hall–Kier alpha value is -6.58. The van der Waals surface area contributed by atoms with E-state index in [2.05, 4.69) is 0 Å². The summed E-state index contributed by atoms with van der Waals surface area (Å²) in [6, 6.07) is 39.9. The highest BCUT2D eigenvalue weighted by Gasteiger charge is 2.66. The van der Waals surface area contributed by atoms with Crippen LogP contribution in [0.2, 0.25) is 18.6 Å². The molecule has 5 heterocycles. The van der Waals surface area contributed by atoms with Crippen molar-refractivity contribution in [3.8, 4) is 0 Å². The normalized spacial score (nSPS) is 23.9. The summed E-state index contributed by atoms with van der Waals surface area (Å²) in [5.41, 5.74) is 6.17. The van der Waals surface area contributed by atoms with Gasteiger partial charge in [0.2, 0.25) is 17.7 Å². The van der Waals surface area contributed by atoms with Gasteiger partial charge in [-0.3, -0.25) is 19.2 Å². The minimum atomic E-state index is -3.21. The van der Waals surface area contributed by atoms with Gasteiger partial charge in [-0.2, -0.15) is 10.2 Å². The van der Waals surface area contributed by atoms with Crippen LogP contribution in [-0.2, 0) is 49.0 Å². The van der Waals surface area contributed by atoms with Gasteiger partial charge in [0.15, 0.2) is 13.9 Å². The maximum Gasteiger partial charge on any atom is 0.264 e. The van der Waals surface area contributed by atoms with E-state index in [0.717, 1.165) is 39.2 Å². The first-order chi connectivity index (χ1) is 32.3. The summed E-state index contributed by atoms with van der Waals surface area (Å²) in [6.07, 6.45) is 1.10. The quantitative estimate of drug-likeness (QED) is 0.138. The zero-order chi connectivity index (χ0) is 46.6. The van der Waals surface area contributed by atoms with Gasteiger partial charge < -0.3 is 24.4 Å². The fourth-order valence-electron chi connectivity index (χ4n) is 11.0. The van der Waals surface area contributed by atoms with E-state index in [-0.39, 0.29) is 49.6 Å². The smallest absolute Gasteiger partial charge is 0.264 e. The van der Waals surface area contributed by atoms with E-state index in [1.165, 1.54) is 10.0 Å². The standard InChI is InChI=1S/C53H54N6O7Si/c1-34-51(67(2,3)65)47(30-50(63)56-32-39-19-11-10-18-38(39)28-42(56)33-60)66-53(34)43-29-41(59-49(62)26-23-45(55-59)37-16-8-5-9-17-37)21-24-46(43)57(52(53)64)31-35-13-12-20-40(27-35)58-48(61)25-22-44(54-58)36-14-6-4-7-15-36/h4-21,24,27,29,34,42,47,51,60,65H,22-23,25-26,28,30-33H2,1-3H3/t34-,42-,47+,51-,53+/m0/s1. The zero-order valence-electron chi connectivity index (χ0n) is 37.9. The number of hydrazone groups is 2. The summed E-state index contributed by atoms with van der Waals surface area (Å²) in [7, 11) is -3.21. The molecule has 5 aromatic rings. The highest BCUT2D eigenvalue weighted by molar-refractivity contribution is 6.71. The van der Waals surface area contributed by atoms with Crippen molar-refractivity contribution in [3.63, 3.8) is 0 Å². The number of aliphatic hydroxyl groups is 1. The SMILES string of the molecule is C[C@H]1[C@H]([Si](C)(C)O)[C@@H](CC(=O)N2Cc3ccccc3C[C@H]2CO)O[C@]12C(=O)N(Cc1cccc(N3N=C(c4ccccc4)CCC3=O)c1)c1ccc(N3N=C(c4ccccc4)CCC3=O)cc12. The molecular formula is C53H54N6O7Si. The topological polar surface area (TPSA) is 156 Å². The molecule has 0 unspecified atom stereocenters. The molecule has 0 aliphatic carbocycles. The minimum Gasteiger partial charge on any atom is -0.432 e. The minimum absolute atomic E-state index is 0.104. The Morgan fingerprint density at radius 1 is 0.746 bits per heavy atom. The van der Waals surface area contributed by atoms with E-state index in [9.17, 15) is 24.3 Å². The van der Waals surface area contributed by atoms with Crippen LogP contribution in [0.1, 0.15) is 72.4 Å². The molecule has 1 fully saturated rings. The molecule has 5 atom stereocenters. The lowest BCUT2D eigenvalue weighted by Crippen LogP contribution is -2.48. The molecule has 342 valence electrons. The van der Waals surface area contributed by atoms with Crippen molar-refractivity contribution in [3.05, 3.63) is 161 Å². The van der Waals surface area contributed by atoms with Crippen LogP contribution in [0.25, 0.3) is 0 Å². The third-order valence-corrected chi connectivity index (χ3v) is 16.8. The van der Waals surface area contributed by atoms with E-state index < -0.39 is 37.5 Å². The Morgan fingerprint density at radius 3 is 1.96 bits per heavy atom. The van der Waals surface area contributed by atoms with Crippen LogP contribution >= 0.6 is 0 Å². The molecule has 0 radical (unpaired) electrons. The van der Waals surface area contributed by atoms with Gasteiger partial charge in [-0.25, -0.2) is 10.0 Å². The summed E-state index contributed by atoms with van der Waals surface area (Å²) in [5.74, 6) is -1.52. The molecule has 0 saturated carbocycles. The number of anilines is 3. The number of aliphatic hydroxyl groups excluding tert-OH is 1. The first-order valence-electron chi connectivity index (χ1n) is 23.2. The van der Waals surface area contributed by atoms with Crippen molar-refractivity contribution in [2.45, 2.75) is 94.9 Å². The van der Waals surface area contributed by atoms with Gasteiger partial charge in [0.05, 0.1) is 60.2 Å². The van der Waals surface area contributed by atoms with Gasteiger partial charge in [0.1, 0.15) is 0 Å². The largest absolute Gasteiger partial charge is 0.432 e. The Morgan fingerprint density at radius 2 is 1.34 bits per heavy atom. The lowest BCUT2D eigenvalue weighted by atomic mass is 9.82. The second kappa shape index (κ2) is 17.6. The van der Waals surface area contributed by atoms with Crippen LogP contribution in [0.15, 0.2) is 138 Å². The Bertz CT molecular complexity index is 2830. The van der Waals surface area contributed by atoms with E-state index in [0.29, 0.717) is 54.9 Å². The molecule has 10 rings (SSSR count). The third-order valence-electron chi connectivity index (χ3n) is 14.2. The van der Waals surface area contributed by atoms with Crippen LogP contribution in [0.5, 0.6) is 0 Å². The van der Waals surface area contributed by atoms with E-state index in [1.54, 1.807) is 15.9 Å². The Kier molecular flexibility index (Phi) is 11.6. The number of hydrogen-bond acceptors (Lipinski definition) is 9. The molecule has 5 aliphatic heterocycles. The molecule has 2 N–H and O–H groups in total. The molecular weight excluding hydrogens is 861 g/mol. The number of carbonyl (C=O) groups is 4. The molecule has 67 heavy (non-hydrogen) atoms. The maximum atomic E-state index is 15.7. The van der Waals surface area contributed by atoms with Crippen LogP contribution in [0.3, 0.4) is 0 Å². The summed E-state index contributed by atoms with van der Waals surface area (Å²) >= 11 is 0. The number of rotatable bonds is 10. The summed E-state index contributed by atoms with van der Waals surface area (Å²) in [5, 5.41) is 23.0. The van der Waals surface area contributed by atoms with Crippen LogP contribution in [-0.4, -0.2) is 76.9 Å². The van der Waals surface area contributed by atoms with Gasteiger partial charge >= 0.3 is 0 Å². The first-order valence-corrected chi connectivity index (χ1v) is 26.2. The molecule has 1 spiro atoms. The monoisotopic (exact) mass is 914 g/mol. The van der Waals surface area contributed by atoms with Crippen LogP contribution in [0.4, 0.5) is 17.1 Å². The number of fused-ring (bicyclic) bond motifs is 3. The number of nitrogens with zero attached hydrogens (tertiary/aromatic N) is 6. The van der Waals surface area contributed by atoms with Crippen LogP contribution < -0.4 is 14.9 Å². The Labute approximate surface area is 391 Å². The van der Waals surface area contributed by atoms with Gasteiger partial charge in [0, 0.05) is 49.3 Å². The molecule has 0 bridgehead atoms. The summed E-state index contributed by atoms with van der Waals surface area (Å²) in [6.45, 7) is 5.79. The third kappa shape index (κ3) is 8.01. The molecule has 5 aromatic carbocycles. The number of benzene rings is 5. The Balaban J connectivity index is 1.04. The lowest BCUT2D eigenvalue weighted by molar-refractivity contribution is -0.151. The van der Waals surface area contributed by atoms with Crippen molar-refractivity contribution in [2.75, 3.05) is 21.5 Å². The zero-order valence-corrected chi connectivity index (χ0v) is 38.9. The van der Waals surface area contributed by atoms with Gasteiger partial charge in [-0.05, 0) is 77.7 Å². The fraction of sp³-hybridized carbons (Fsp3) is 0.321. The fourth-order valence-corrected chi connectivity index (χ4v) is 13.6. The van der Waals surface area contributed by atoms with Crippen molar-refractivity contribution < 1.29 is 33.8 Å². The molecule has 1 saturated heterocycles. The van der Waals surface area contributed by atoms with Crippen molar-refractivity contribution in [1.82, 2.24) is 4.90 Å². The van der Waals surface area contributed by atoms with Gasteiger partial charge in [-0.15, -0.1) is 0 Å². The first kappa shape index (κ1) is 44.3. The molecule has 4 amide bonds. The summed E-state index contributed by atoms with van der Waals surface area (Å²) < 4.78 is 7.18. The lowest BCUT2D eigenvalue weighted by Gasteiger charge is -2.37. The van der Waals surface area contributed by atoms with E-state index >= 15 is 4.79 Å². The number of ether oxygens (including phenoxy) is 1. The van der Waals surface area contributed by atoms with Crippen LogP contribution in [0, 0.1) is 5.92 Å². The van der Waals surface area contributed by atoms with Gasteiger partial charge in [0.25, 0.3) is 5.91 Å². The van der Waals surface area contributed by atoms with E-state index in [1.807, 2.05) is 141 Å². The number of carbonyl (C=O) groups excluding carboxylic acids is 4. The van der Waals surface area contributed by atoms with Gasteiger partial charge in [-0.1, -0.05) is 104 Å². The predicted molar refractivity (Wildman–Crippen MR) is 259 cm³/mol. The molecule has 5 aliphatic rings. The summed E-state index contributed by atoms with van der Waals surface area (Å²) in [4.78, 5) is 72.9. The highest BCUT2D eigenvalue weighted by atomic mass is 28.4. The second-order valence-corrected chi connectivity index (χ2v) is 22.9. The average Bonchev–Trinajstić information content (AvgIpc) is 3.77. The average molecular weight is 915 g/mol. The molecule has 14 heteroatoms.